The highest BCUT2D eigenvalue weighted by atomic mass is 35.5. The van der Waals surface area contributed by atoms with Crippen molar-refractivity contribution in [1.82, 2.24) is 0 Å². The number of rotatable bonds is 2. The van der Waals surface area contributed by atoms with E-state index in [4.69, 9.17) is 4.66 Å². The highest BCUT2D eigenvalue weighted by Gasteiger charge is 1.88. The molecular weight excluding hydrogens is 124 g/mol. The van der Waals surface area contributed by atoms with E-state index in [0.717, 1.165) is 5.92 Å². The molecule has 0 unspecified atom stereocenters. The molecule has 0 atom stereocenters. The van der Waals surface area contributed by atoms with E-state index >= 15 is 0 Å². The molecule has 0 aliphatic carbocycles. The van der Waals surface area contributed by atoms with Crippen molar-refractivity contribution in [2.45, 2.75) is 33.6 Å². The molecule has 0 aromatic heterocycles. The van der Waals surface area contributed by atoms with Gasteiger partial charge >= 0.3 is 0 Å². The van der Waals surface area contributed by atoms with Crippen LogP contribution in [0.1, 0.15) is 33.6 Å². The number of halogens is 1. The summed E-state index contributed by atoms with van der Waals surface area (Å²) in [5.41, 5.74) is 0. The molecule has 0 rings (SSSR count). The summed E-state index contributed by atoms with van der Waals surface area (Å²) < 4.78 is 6.47. The third-order valence-electron chi connectivity index (χ3n) is 1.39. The molecular formula is C6H15ClO. The zero-order valence-electron chi connectivity index (χ0n) is 5.82. The van der Waals surface area contributed by atoms with Crippen LogP contribution >= 0.6 is 11.9 Å². The first-order valence-electron chi connectivity index (χ1n) is 2.98. The molecule has 0 bridgehead atoms. The number of hydrogen-bond acceptors (Lipinski definition) is 1. The van der Waals surface area contributed by atoms with Crippen LogP contribution in [0.2, 0.25) is 0 Å². The summed E-state index contributed by atoms with van der Waals surface area (Å²) in [4.78, 5) is 0. The second-order valence-corrected chi connectivity index (χ2v) is 1.92. The Morgan fingerprint density at radius 1 is 1.25 bits per heavy atom. The molecule has 2 heteroatoms. The van der Waals surface area contributed by atoms with E-state index in [1.165, 1.54) is 12.8 Å². The predicted molar refractivity (Wildman–Crippen MR) is 37.8 cm³/mol. The van der Waals surface area contributed by atoms with Gasteiger partial charge in [0.1, 0.15) is 0 Å². The van der Waals surface area contributed by atoms with Crippen molar-refractivity contribution >= 4 is 11.9 Å². The normalized spacial score (nSPS) is 8.25. The maximum absolute atomic E-state index is 6.47. The summed E-state index contributed by atoms with van der Waals surface area (Å²) in [6, 6.07) is 0. The van der Waals surface area contributed by atoms with Crippen LogP contribution in [0.4, 0.5) is 0 Å². The van der Waals surface area contributed by atoms with E-state index in [1.807, 2.05) is 0 Å². The summed E-state index contributed by atoms with van der Waals surface area (Å²) in [6.45, 7) is 6.74. The van der Waals surface area contributed by atoms with Crippen LogP contribution in [0, 0.1) is 5.92 Å². The van der Waals surface area contributed by atoms with E-state index in [1.54, 1.807) is 0 Å². The zero-order valence-corrected chi connectivity index (χ0v) is 6.57. The third-order valence-corrected chi connectivity index (χ3v) is 1.39. The molecule has 0 aliphatic heterocycles. The monoisotopic (exact) mass is 138 g/mol. The summed E-state index contributed by atoms with van der Waals surface area (Å²) in [5, 5.41) is 0. The second kappa shape index (κ2) is 10.3. The molecule has 0 saturated heterocycles. The van der Waals surface area contributed by atoms with Gasteiger partial charge in [-0.15, -0.1) is 0 Å². The summed E-state index contributed by atoms with van der Waals surface area (Å²) in [5.74, 6) is 0.935. The largest absolute Gasteiger partial charge is 0.295 e. The topological polar surface area (TPSA) is 20.2 Å². The van der Waals surface area contributed by atoms with E-state index in [2.05, 4.69) is 32.6 Å². The van der Waals surface area contributed by atoms with E-state index in [-0.39, 0.29) is 0 Å². The molecule has 0 radical (unpaired) electrons. The summed E-state index contributed by atoms with van der Waals surface area (Å²) >= 11 is 3.64. The quantitative estimate of drug-likeness (QED) is 0.622. The first kappa shape index (κ1) is 11.1. The molecule has 1 N–H and O–H groups in total. The standard InChI is InChI=1S/C6H14.ClHO/c1-4-6(3)5-2;1-2/h6H,4-5H2,1-3H3;2H. The molecule has 0 aliphatic rings. The smallest absolute Gasteiger partial charge is 0.0579 e. The van der Waals surface area contributed by atoms with Crippen LogP contribution in [0.25, 0.3) is 0 Å². The third kappa shape index (κ3) is 9.54. The Morgan fingerprint density at radius 2 is 1.50 bits per heavy atom. The Bertz CT molecular complexity index is 27.7. The van der Waals surface area contributed by atoms with Gasteiger partial charge in [0.25, 0.3) is 0 Å². The van der Waals surface area contributed by atoms with Crippen LogP contribution < -0.4 is 0 Å². The fourth-order valence-corrected chi connectivity index (χ4v) is 0.289. The fourth-order valence-electron chi connectivity index (χ4n) is 0.289. The lowest BCUT2D eigenvalue weighted by Gasteiger charge is -1.98. The Hall–Kier alpha value is 0.250. The SMILES string of the molecule is CCC(C)CC.OCl. The minimum absolute atomic E-state index is 0.935. The van der Waals surface area contributed by atoms with Crippen LogP contribution in [0.5, 0.6) is 0 Å². The highest BCUT2D eigenvalue weighted by Crippen LogP contribution is 2.02. The molecule has 0 amide bonds. The van der Waals surface area contributed by atoms with Gasteiger partial charge in [-0.05, 0) is 5.92 Å². The van der Waals surface area contributed by atoms with E-state index in [0.29, 0.717) is 0 Å². The van der Waals surface area contributed by atoms with E-state index < -0.39 is 0 Å². The van der Waals surface area contributed by atoms with Crippen LogP contribution in [-0.4, -0.2) is 4.66 Å². The Labute approximate surface area is 56.8 Å². The first-order chi connectivity index (χ1) is 3.81. The first-order valence-corrected chi connectivity index (χ1v) is 3.32. The maximum atomic E-state index is 6.47. The molecule has 1 nitrogen and oxygen atoms in total. The highest BCUT2D eigenvalue weighted by molar-refractivity contribution is 6.04. The summed E-state index contributed by atoms with van der Waals surface area (Å²) in [7, 11) is 0. The van der Waals surface area contributed by atoms with Crippen molar-refractivity contribution in [2.75, 3.05) is 0 Å². The van der Waals surface area contributed by atoms with Gasteiger partial charge in [-0.3, -0.25) is 4.66 Å². The second-order valence-electron chi connectivity index (χ2n) is 1.92. The van der Waals surface area contributed by atoms with Gasteiger partial charge in [0, 0.05) is 0 Å². The van der Waals surface area contributed by atoms with Crippen molar-refractivity contribution in [3.8, 4) is 0 Å². The van der Waals surface area contributed by atoms with Gasteiger partial charge in [0.15, 0.2) is 0 Å². The molecule has 0 saturated carbocycles. The van der Waals surface area contributed by atoms with Crippen LogP contribution in [0.15, 0.2) is 0 Å². The lowest BCUT2D eigenvalue weighted by Crippen LogP contribution is -1.85. The molecule has 8 heavy (non-hydrogen) atoms. The van der Waals surface area contributed by atoms with Crippen LogP contribution in [-0.2, 0) is 0 Å². The fraction of sp³-hybridized carbons (Fsp3) is 1.00. The average molecular weight is 139 g/mol. The Kier molecular flexibility index (Phi) is 14.3. The molecule has 0 spiro atoms. The molecule has 52 valence electrons. The molecule has 0 fully saturated rings. The van der Waals surface area contributed by atoms with Crippen LogP contribution in [0.3, 0.4) is 0 Å². The Morgan fingerprint density at radius 3 is 1.50 bits per heavy atom. The average Bonchev–Trinajstić information content (AvgIpc) is 1.91. The van der Waals surface area contributed by atoms with Gasteiger partial charge in [0.05, 0.1) is 11.9 Å². The molecule has 0 aromatic rings. The summed E-state index contributed by atoms with van der Waals surface area (Å²) in [6.07, 6.45) is 2.66. The Balaban J connectivity index is 0. The van der Waals surface area contributed by atoms with Crippen molar-refractivity contribution < 1.29 is 4.66 Å². The minimum atomic E-state index is 0.935. The van der Waals surface area contributed by atoms with Crippen molar-refractivity contribution in [3.63, 3.8) is 0 Å². The van der Waals surface area contributed by atoms with E-state index in [9.17, 15) is 0 Å². The van der Waals surface area contributed by atoms with Gasteiger partial charge < -0.3 is 0 Å². The van der Waals surface area contributed by atoms with Gasteiger partial charge in [0.2, 0.25) is 0 Å². The van der Waals surface area contributed by atoms with Gasteiger partial charge in [-0.25, -0.2) is 0 Å². The lowest BCUT2D eigenvalue weighted by molar-refractivity contribution is 0.544. The van der Waals surface area contributed by atoms with Gasteiger partial charge in [-0.1, -0.05) is 33.6 Å². The molecule has 0 aromatic carbocycles. The van der Waals surface area contributed by atoms with Crippen molar-refractivity contribution in [1.29, 1.82) is 0 Å². The maximum Gasteiger partial charge on any atom is 0.0579 e. The van der Waals surface area contributed by atoms with Crippen molar-refractivity contribution in [2.24, 2.45) is 5.92 Å². The number of hydrogen-bond donors (Lipinski definition) is 1. The zero-order chi connectivity index (χ0) is 6.99. The van der Waals surface area contributed by atoms with Gasteiger partial charge in [-0.2, -0.15) is 0 Å². The molecule has 0 heterocycles. The van der Waals surface area contributed by atoms with Crippen molar-refractivity contribution in [3.05, 3.63) is 0 Å². The minimum Gasteiger partial charge on any atom is -0.295 e. The lowest BCUT2D eigenvalue weighted by atomic mass is 10.1. The predicted octanol–water partition coefficient (Wildman–Crippen LogP) is 2.58.